The lowest BCUT2D eigenvalue weighted by molar-refractivity contribution is 0.0947. The largest absolute Gasteiger partial charge is 0.351 e. The molecular weight excluding hydrogens is 260 g/mol. The Labute approximate surface area is 118 Å². The lowest BCUT2D eigenvalue weighted by Crippen LogP contribution is -2.26. The number of aromatic nitrogens is 1. The molecule has 1 amide bonds. The van der Waals surface area contributed by atoms with Gasteiger partial charge in [0.05, 0.1) is 10.5 Å². The number of halogens is 1. The van der Waals surface area contributed by atoms with Gasteiger partial charge in [-0.2, -0.15) is 0 Å². The van der Waals surface area contributed by atoms with E-state index in [1.165, 1.54) is 0 Å². The highest BCUT2D eigenvalue weighted by atomic mass is 35.5. The summed E-state index contributed by atoms with van der Waals surface area (Å²) in [7, 11) is 0. The lowest BCUT2D eigenvalue weighted by Gasteiger charge is -2.08. The van der Waals surface area contributed by atoms with Crippen LogP contribution in [0.3, 0.4) is 0 Å². The van der Waals surface area contributed by atoms with Crippen molar-refractivity contribution in [3.8, 4) is 0 Å². The van der Waals surface area contributed by atoms with E-state index in [9.17, 15) is 4.79 Å². The predicted octanol–water partition coefficient (Wildman–Crippen LogP) is 3.66. The molecule has 3 nitrogen and oxygen atoms in total. The number of amides is 1. The Hall–Kier alpha value is -1.61. The zero-order valence-electron chi connectivity index (χ0n) is 11.1. The molecule has 4 heteroatoms. The first-order valence-corrected chi connectivity index (χ1v) is 6.79. The number of para-hydroxylation sites is 1. The van der Waals surface area contributed by atoms with E-state index in [2.05, 4.69) is 24.1 Å². The monoisotopic (exact) mass is 276 g/mol. The number of benzene rings is 1. The molecule has 100 valence electrons. The first kappa shape index (κ1) is 13.8. The molecule has 0 aliphatic heterocycles. The SMILES string of the molecule is CC(C)CCNC(=O)c1cc(Cl)c2ccccc2n1. The quantitative estimate of drug-likeness (QED) is 0.926. The maximum atomic E-state index is 12.0. The van der Waals surface area contributed by atoms with Crippen LogP contribution < -0.4 is 5.32 Å². The van der Waals surface area contributed by atoms with Crippen LogP contribution in [0.1, 0.15) is 30.8 Å². The standard InChI is InChI=1S/C15H17ClN2O/c1-10(2)7-8-17-15(19)14-9-12(16)11-5-3-4-6-13(11)18-14/h3-6,9-10H,7-8H2,1-2H3,(H,17,19). The smallest absolute Gasteiger partial charge is 0.269 e. The second-order valence-electron chi connectivity index (χ2n) is 4.94. The molecule has 1 heterocycles. The fourth-order valence-electron chi connectivity index (χ4n) is 1.81. The van der Waals surface area contributed by atoms with Gasteiger partial charge in [0.15, 0.2) is 0 Å². The number of pyridine rings is 1. The van der Waals surface area contributed by atoms with Crippen molar-refractivity contribution in [3.05, 3.63) is 41.0 Å². The number of nitrogens with one attached hydrogen (secondary N) is 1. The van der Waals surface area contributed by atoms with Gasteiger partial charge in [0.2, 0.25) is 0 Å². The summed E-state index contributed by atoms with van der Waals surface area (Å²) in [5.74, 6) is 0.391. The van der Waals surface area contributed by atoms with Gasteiger partial charge in [0.25, 0.3) is 5.91 Å². The maximum Gasteiger partial charge on any atom is 0.269 e. The van der Waals surface area contributed by atoms with Crippen LogP contribution in [0.25, 0.3) is 10.9 Å². The third-order valence-corrected chi connectivity index (χ3v) is 3.22. The third-order valence-electron chi connectivity index (χ3n) is 2.91. The van der Waals surface area contributed by atoms with Crippen LogP contribution in [0.4, 0.5) is 0 Å². The van der Waals surface area contributed by atoms with E-state index >= 15 is 0 Å². The van der Waals surface area contributed by atoms with Crippen LogP contribution >= 0.6 is 11.6 Å². The van der Waals surface area contributed by atoms with Crippen molar-refractivity contribution in [2.45, 2.75) is 20.3 Å². The summed E-state index contributed by atoms with van der Waals surface area (Å²) in [6.07, 6.45) is 0.951. The summed E-state index contributed by atoms with van der Waals surface area (Å²) < 4.78 is 0. The van der Waals surface area contributed by atoms with Gasteiger partial charge < -0.3 is 5.32 Å². The number of hydrogen-bond donors (Lipinski definition) is 1. The normalized spacial score (nSPS) is 10.9. The number of fused-ring (bicyclic) bond motifs is 1. The molecule has 2 rings (SSSR count). The molecule has 0 radical (unpaired) electrons. The predicted molar refractivity (Wildman–Crippen MR) is 78.5 cm³/mol. The summed E-state index contributed by atoms with van der Waals surface area (Å²) in [5.41, 5.74) is 1.11. The first-order valence-electron chi connectivity index (χ1n) is 6.41. The molecule has 0 saturated carbocycles. The summed E-state index contributed by atoms with van der Waals surface area (Å²) in [6.45, 7) is 4.90. The molecule has 0 spiro atoms. The molecule has 1 aromatic carbocycles. The number of hydrogen-bond acceptors (Lipinski definition) is 2. The Morgan fingerprint density at radius 2 is 2.11 bits per heavy atom. The minimum atomic E-state index is -0.173. The molecule has 1 aromatic heterocycles. The minimum Gasteiger partial charge on any atom is -0.351 e. The summed E-state index contributed by atoms with van der Waals surface area (Å²) in [5, 5.41) is 4.28. The Bertz CT molecular complexity index is 596. The molecule has 1 N–H and O–H groups in total. The highest BCUT2D eigenvalue weighted by Crippen LogP contribution is 2.22. The van der Waals surface area contributed by atoms with Crippen molar-refractivity contribution in [1.82, 2.24) is 10.3 Å². The molecule has 0 saturated heterocycles. The Kier molecular flexibility index (Phi) is 4.38. The first-order chi connectivity index (χ1) is 9.08. The highest BCUT2D eigenvalue weighted by Gasteiger charge is 2.10. The van der Waals surface area contributed by atoms with E-state index in [0.717, 1.165) is 17.3 Å². The van der Waals surface area contributed by atoms with Crippen LogP contribution in [-0.2, 0) is 0 Å². The topological polar surface area (TPSA) is 42.0 Å². The zero-order chi connectivity index (χ0) is 13.8. The van der Waals surface area contributed by atoms with E-state index in [1.807, 2.05) is 24.3 Å². The van der Waals surface area contributed by atoms with Crippen LogP contribution in [0.5, 0.6) is 0 Å². The molecular formula is C15H17ClN2O. The van der Waals surface area contributed by atoms with Gasteiger partial charge in [-0.05, 0) is 24.5 Å². The van der Waals surface area contributed by atoms with E-state index < -0.39 is 0 Å². The zero-order valence-corrected chi connectivity index (χ0v) is 11.9. The van der Waals surface area contributed by atoms with E-state index in [4.69, 9.17) is 11.6 Å². The van der Waals surface area contributed by atoms with Crippen molar-refractivity contribution < 1.29 is 4.79 Å². The Balaban J connectivity index is 2.18. The van der Waals surface area contributed by atoms with Gasteiger partial charge in [-0.1, -0.05) is 43.6 Å². The molecule has 0 aliphatic carbocycles. The molecule has 19 heavy (non-hydrogen) atoms. The molecule has 2 aromatic rings. The molecule has 0 aliphatic rings. The Morgan fingerprint density at radius 3 is 2.84 bits per heavy atom. The van der Waals surface area contributed by atoms with Crippen molar-refractivity contribution in [2.75, 3.05) is 6.54 Å². The summed E-state index contributed by atoms with van der Waals surface area (Å²) in [6, 6.07) is 9.15. The third kappa shape index (κ3) is 3.44. The average Bonchev–Trinajstić information content (AvgIpc) is 2.38. The lowest BCUT2D eigenvalue weighted by atomic mass is 10.1. The van der Waals surface area contributed by atoms with Gasteiger partial charge in [-0.15, -0.1) is 0 Å². The number of carbonyl (C=O) groups is 1. The highest BCUT2D eigenvalue weighted by molar-refractivity contribution is 6.35. The van der Waals surface area contributed by atoms with Crippen LogP contribution in [0.2, 0.25) is 5.02 Å². The summed E-state index contributed by atoms with van der Waals surface area (Å²) in [4.78, 5) is 16.3. The van der Waals surface area contributed by atoms with Crippen molar-refractivity contribution in [1.29, 1.82) is 0 Å². The van der Waals surface area contributed by atoms with Crippen molar-refractivity contribution >= 4 is 28.4 Å². The van der Waals surface area contributed by atoms with Crippen LogP contribution in [-0.4, -0.2) is 17.4 Å². The van der Waals surface area contributed by atoms with E-state index in [0.29, 0.717) is 23.2 Å². The van der Waals surface area contributed by atoms with Crippen LogP contribution in [0.15, 0.2) is 30.3 Å². The van der Waals surface area contributed by atoms with Crippen molar-refractivity contribution in [3.63, 3.8) is 0 Å². The van der Waals surface area contributed by atoms with E-state index in [-0.39, 0.29) is 5.91 Å². The average molecular weight is 277 g/mol. The second-order valence-corrected chi connectivity index (χ2v) is 5.35. The van der Waals surface area contributed by atoms with Gasteiger partial charge in [-0.25, -0.2) is 4.98 Å². The van der Waals surface area contributed by atoms with Gasteiger partial charge >= 0.3 is 0 Å². The minimum absolute atomic E-state index is 0.173. The van der Waals surface area contributed by atoms with Gasteiger partial charge in [0, 0.05) is 11.9 Å². The van der Waals surface area contributed by atoms with Crippen molar-refractivity contribution in [2.24, 2.45) is 5.92 Å². The molecule has 0 unspecified atom stereocenters. The fourth-order valence-corrected chi connectivity index (χ4v) is 2.08. The molecule has 0 bridgehead atoms. The van der Waals surface area contributed by atoms with E-state index in [1.54, 1.807) is 6.07 Å². The maximum absolute atomic E-state index is 12.0. The molecule has 0 atom stereocenters. The summed E-state index contributed by atoms with van der Waals surface area (Å²) >= 11 is 6.17. The van der Waals surface area contributed by atoms with Gasteiger partial charge in [-0.3, -0.25) is 4.79 Å². The number of nitrogens with zero attached hydrogens (tertiary/aromatic N) is 1. The second kappa shape index (κ2) is 6.02. The van der Waals surface area contributed by atoms with Crippen LogP contribution in [0, 0.1) is 5.92 Å². The van der Waals surface area contributed by atoms with Gasteiger partial charge in [0.1, 0.15) is 5.69 Å². The Morgan fingerprint density at radius 1 is 1.37 bits per heavy atom. The number of carbonyl (C=O) groups excluding carboxylic acids is 1. The number of rotatable bonds is 4. The molecule has 0 fully saturated rings. The fraction of sp³-hybridized carbons (Fsp3) is 0.333.